The molecule has 0 aliphatic heterocycles. The summed E-state index contributed by atoms with van der Waals surface area (Å²) >= 11 is 0. The third kappa shape index (κ3) is 4.63. The highest BCUT2D eigenvalue weighted by Gasteiger charge is 2.10. The molecule has 1 N–H and O–H groups in total. The Balaban J connectivity index is 2.65. The van der Waals surface area contributed by atoms with Crippen LogP contribution in [0.2, 0.25) is 0 Å². The number of hydrogen-bond donors (Lipinski definition) is 1. The van der Waals surface area contributed by atoms with Crippen LogP contribution < -0.4 is 10.1 Å². The van der Waals surface area contributed by atoms with Crippen LogP contribution in [-0.4, -0.2) is 26.4 Å². The Kier molecular flexibility index (Phi) is 6.09. The van der Waals surface area contributed by atoms with E-state index in [1.165, 1.54) is 6.07 Å². The first-order chi connectivity index (χ1) is 8.54. The standard InChI is InChI=1S/C14H22FNO2/c1-10(2)18-14-6-5-12(9-13(14)15)11(3)16-7-8-17-4/h5-6,9-11,16H,7-8H2,1-4H3/t11-/m1/s1. The van der Waals surface area contributed by atoms with Crippen molar-refractivity contribution in [2.75, 3.05) is 20.3 Å². The zero-order valence-corrected chi connectivity index (χ0v) is 11.5. The predicted molar refractivity (Wildman–Crippen MR) is 70.5 cm³/mol. The van der Waals surface area contributed by atoms with Gasteiger partial charge in [0.1, 0.15) is 0 Å². The number of hydrogen-bond acceptors (Lipinski definition) is 3. The number of rotatable bonds is 7. The molecule has 0 aliphatic carbocycles. The van der Waals surface area contributed by atoms with Gasteiger partial charge in [-0.05, 0) is 38.5 Å². The summed E-state index contributed by atoms with van der Waals surface area (Å²) in [6, 6.07) is 5.16. The lowest BCUT2D eigenvalue weighted by Crippen LogP contribution is -2.23. The number of halogens is 1. The molecule has 0 aromatic heterocycles. The fourth-order valence-electron chi connectivity index (χ4n) is 1.63. The Labute approximate surface area is 108 Å². The highest BCUT2D eigenvalue weighted by Crippen LogP contribution is 2.22. The second-order valence-electron chi connectivity index (χ2n) is 4.53. The molecular weight excluding hydrogens is 233 g/mol. The van der Waals surface area contributed by atoms with Gasteiger partial charge in [0.25, 0.3) is 0 Å². The van der Waals surface area contributed by atoms with Crippen molar-refractivity contribution in [2.45, 2.75) is 32.9 Å². The molecule has 3 nitrogen and oxygen atoms in total. The van der Waals surface area contributed by atoms with Gasteiger partial charge >= 0.3 is 0 Å². The molecule has 102 valence electrons. The van der Waals surface area contributed by atoms with E-state index < -0.39 is 0 Å². The van der Waals surface area contributed by atoms with E-state index in [4.69, 9.17) is 9.47 Å². The molecule has 18 heavy (non-hydrogen) atoms. The largest absolute Gasteiger partial charge is 0.488 e. The zero-order valence-electron chi connectivity index (χ0n) is 11.5. The summed E-state index contributed by atoms with van der Waals surface area (Å²) in [7, 11) is 1.66. The maximum atomic E-state index is 13.8. The summed E-state index contributed by atoms with van der Waals surface area (Å²) in [5.41, 5.74) is 0.903. The van der Waals surface area contributed by atoms with E-state index in [0.29, 0.717) is 12.4 Å². The first-order valence-electron chi connectivity index (χ1n) is 6.23. The van der Waals surface area contributed by atoms with Crippen molar-refractivity contribution < 1.29 is 13.9 Å². The molecule has 1 aromatic rings. The number of benzene rings is 1. The molecule has 0 radical (unpaired) electrons. The number of ether oxygens (including phenoxy) is 2. The molecule has 0 aliphatic rings. The van der Waals surface area contributed by atoms with Crippen molar-refractivity contribution in [3.05, 3.63) is 29.6 Å². The molecule has 0 spiro atoms. The molecule has 4 heteroatoms. The third-order valence-electron chi connectivity index (χ3n) is 2.58. The second kappa shape index (κ2) is 7.34. The van der Waals surface area contributed by atoms with Crippen LogP contribution in [0.15, 0.2) is 18.2 Å². The fourth-order valence-corrected chi connectivity index (χ4v) is 1.63. The average molecular weight is 255 g/mol. The number of nitrogens with one attached hydrogen (secondary N) is 1. The monoisotopic (exact) mass is 255 g/mol. The predicted octanol–water partition coefficient (Wildman–Crippen LogP) is 2.91. The van der Waals surface area contributed by atoms with Gasteiger partial charge in [0.05, 0.1) is 12.7 Å². The topological polar surface area (TPSA) is 30.5 Å². The molecular formula is C14H22FNO2. The summed E-state index contributed by atoms with van der Waals surface area (Å²) in [4.78, 5) is 0. The van der Waals surface area contributed by atoms with Crippen molar-refractivity contribution in [2.24, 2.45) is 0 Å². The lowest BCUT2D eigenvalue weighted by Gasteiger charge is -2.16. The minimum Gasteiger partial charge on any atom is -0.488 e. The molecule has 1 atom stereocenters. The van der Waals surface area contributed by atoms with Gasteiger partial charge in [0, 0.05) is 19.7 Å². The van der Waals surface area contributed by atoms with Gasteiger partial charge in [-0.1, -0.05) is 6.07 Å². The smallest absolute Gasteiger partial charge is 0.165 e. The van der Waals surface area contributed by atoms with Crippen LogP contribution in [0.3, 0.4) is 0 Å². The van der Waals surface area contributed by atoms with Gasteiger partial charge in [0.15, 0.2) is 11.6 Å². The second-order valence-corrected chi connectivity index (χ2v) is 4.53. The molecule has 0 fully saturated rings. The van der Waals surface area contributed by atoms with Gasteiger partial charge in [-0.25, -0.2) is 4.39 Å². The van der Waals surface area contributed by atoms with Gasteiger partial charge in [-0.15, -0.1) is 0 Å². The Morgan fingerprint density at radius 2 is 2.00 bits per heavy atom. The lowest BCUT2D eigenvalue weighted by atomic mass is 10.1. The number of methoxy groups -OCH3 is 1. The van der Waals surface area contributed by atoms with Gasteiger partial charge in [-0.2, -0.15) is 0 Å². The molecule has 0 saturated carbocycles. The maximum Gasteiger partial charge on any atom is 0.165 e. The molecule has 0 amide bonds. The minimum atomic E-state index is -0.318. The van der Waals surface area contributed by atoms with Crippen LogP contribution in [0.25, 0.3) is 0 Å². The Morgan fingerprint density at radius 3 is 2.56 bits per heavy atom. The molecule has 1 rings (SSSR count). The van der Waals surface area contributed by atoms with Crippen LogP contribution in [-0.2, 0) is 4.74 Å². The maximum absolute atomic E-state index is 13.8. The van der Waals surface area contributed by atoms with E-state index in [2.05, 4.69) is 5.32 Å². The molecule has 0 unspecified atom stereocenters. The zero-order chi connectivity index (χ0) is 13.5. The highest BCUT2D eigenvalue weighted by atomic mass is 19.1. The van der Waals surface area contributed by atoms with E-state index in [-0.39, 0.29) is 18.0 Å². The highest BCUT2D eigenvalue weighted by molar-refractivity contribution is 5.31. The molecule has 0 bridgehead atoms. The first-order valence-corrected chi connectivity index (χ1v) is 6.23. The summed E-state index contributed by atoms with van der Waals surface area (Å²) in [6.07, 6.45) is -0.0254. The summed E-state index contributed by atoms with van der Waals surface area (Å²) in [5.74, 6) is -0.0144. The van der Waals surface area contributed by atoms with Crippen LogP contribution >= 0.6 is 0 Å². The van der Waals surface area contributed by atoms with Crippen molar-refractivity contribution in [3.63, 3.8) is 0 Å². The van der Waals surface area contributed by atoms with Crippen molar-refractivity contribution in [3.8, 4) is 5.75 Å². The Bertz CT molecular complexity index is 369. The molecule has 0 saturated heterocycles. The molecule has 0 heterocycles. The van der Waals surface area contributed by atoms with Crippen LogP contribution in [0.1, 0.15) is 32.4 Å². The van der Waals surface area contributed by atoms with Crippen molar-refractivity contribution in [1.82, 2.24) is 5.32 Å². The lowest BCUT2D eigenvalue weighted by molar-refractivity contribution is 0.196. The van der Waals surface area contributed by atoms with Gasteiger partial charge < -0.3 is 14.8 Å². The Morgan fingerprint density at radius 1 is 1.28 bits per heavy atom. The SMILES string of the molecule is COCCN[C@H](C)c1ccc(OC(C)C)c(F)c1. The van der Waals surface area contributed by atoms with Gasteiger partial charge in [-0.3, -0.25) is 0 Å². The molecule has 1 aromatic carbocycles. The average Bonchev–Trinajstić information content (AvgIpc) is 2.31. The Hall–Kier alpha value is -1.13. The quantitative estimate of drug-likeness (QED) is 0.760. The first kappa shape index (κ1) is 14.9. The van der Waals surface area contributed by atoms with Crippen LogP contribution in [0.5, 0.6) is 5.75 Å². The van der Waals surface area contributed by atoms with E-state index in [9.17, 15) is 4.39 Å². The van der Waals surface area contributed by atoms with E-state index >= 15 is 0 Å². The summed E-state index contributed by atoms with van der Waals surface area (Å²) in [5, 5.41) is 3.25. The van der Waals surface area contributed by atoms with E-state index in [1.54, 1.807) is 13.2 Å². The van der Waals surface area contributed by atoms with Gasteiger partial charge in [0.2, 0.25) is 0 Å². The van der Waals surface area contributed by atoms with Crippen molar-refractivity contribution in [1.29, 1.82) is 0 Å². The van der Waals surface area contributed by atoms with E-state index in [1.807, 2.05) is 26.8 Å². The summed E-state index contributed by atoms with van der Waals surface area (Å²) in [6.45, 7) is 7.13. The summed E-state index contributed by atoms with van der Waals surface area (Å²) < 4.78 is 24.1. The minimum absolute atomic E-state index is 0.0254. The van der Waals surface area contributed by atoms with E-state index in [0.717, 1.165) is 12.1 Å². The van der Waals surface area contributed by atoms with Crippen LogP contribution in [0.4, 0.5) is 4.39 Å². The van der Waals surface area contributed by atoms with Crippen molar-refractivity contribution >= 4 is 0 Å². The normalized spacial score (nSPS) is 12.8. The fraction of sp³-hybridized carbons (Fsp3) is 0.571. The van der Waals surface area contributed by atoms with Crippen LogP contribution in [0, 0.1) is 5.82 Å². The third-order valence-corrected chi connectivity index (χ3v) is 2.58.